The minimum absolute atomic E-state index is 0.00459. The molecule has 1 saturated heterocycles. The molecule has 2 aliphatic rings. The molecule has 1 aromatic heterocycles. The van der Waals surface area contributed by atoms with Gasteiger partial charge in [0.15, 0.2) is 23.1 Å². The number of nitrogens with two attached hydrogens (primary N) is 1. The van der Waals surface area contributed by atoms with Gasteiger partial charge in [-0.25, -0.2) is 17.6 Å². The second-order valence-electron chi connectivity index (χ2n) is 8.93. The van der Waals surface area contributed by atoms with E-state index in [1.54, 1.807) is 4.90 Å². The van der Waals surface area contributed by atoms with Crippen molar-refractivity contribution in [3.05, 3.63) is 46.9 Å². The number of carbonyl (C=O) groups is 1. The van der Waals surface area contributed by atoms with Gasteiger partial charge in [0.2, 0.25) is 5.91 Å². The first-order valence-corrected chi connectivity index (χ1v) is 10.3. The van der Waals surface area contributed by atoms with E-state index in [-0.39, 0.29) is 48.0 Å². The maximum absolute atomic E-state index is 14.2. The summed E-state index contributed by atoms with van der Waals surface area (Å²) in [5.41, 5.74) is 4.16. The molecule has 2 unspecified atom stereocenters. The molecule has 0 spiro atoms. The summed E-state index contributed by atoms with van der Waals surface area (Å²) in [6.07, 6.45) is 2.28. The van der Waals surface area contributed by atoms with Gasteiger partial charge in [0.1, 0.15) is 5.82 Å². The zero-order valence-corrected chi connectivity index (χ0v) is 17.2. The Hall–Kier alpha value is -2.49. The number of alkyl halides is 1. The predicted molar refractivity (Wildman–Crippen MR) is 102 cm³/mol. The number of piperidine rings is 1. The van der Waals surface area contributed by atoms with Crippen LogP contribution < -0.4 is 5.73 Å². The molecule has 2 heterocycles. The Morgan fingerprint density at radius 1 is 1.26 bits per heavy atom. The van der Waals surface area contributed by atoms with Crippen LogP contribution in [0.2, 0.25) is 0 Å². The van der Waals surface area contributed by atoms with E-state index in [9.17, 15) is 22.4 Å². The van der Waals surface area contributed by atoms with Gasteiger partial charge in [-0.2, -0.15) is 4.98 Å². The van der Waals surface area contributed by atoms with Crippen LogP contribution in [0.3, 0.4) is 0 Å². The van der Waals surface area contributed by atoms with Crippen LogP contribution in [0.5, 0.6) is 0 Å². The highest BCUT2D eigenvalue weighted by atomic mass is 19.2. The first-order valence-electron chi connectivity index (χ1n) is 10.3. The van der Waals surface area contributed by atoms with Crippen LogP contribution in [-0.2, 0) is 16.9 Å². The fraction of sp³-hybridized carbons (Fsp3) is 0.571. The third kappa shape index (κ3) is 4.17. The standard InChI is InChI=1S/C21H24F4N4O2/c1-21(2,25)20-27-19(28-31-20)18-10-3-4-13(6-10)29(18)17(30)8-12(26)5-11-7-15(23)16(24)9-14(11)22/h7,9-10,12-13,18H,3-6,8,26H2,1-2H3/t10?,12-,13?,18+/m1/s1. The van der Waals surface area contributed by atoms with E-state index in [2.05, 4.69) is 10.1 Å². The number of fused-ring (bicyclic) bond motifs is 2. The lowest BCUT2D eigenvalue weighted by Gasteiger charge is -2.34. The number of rotatable bonds is 6. The Kier molecular flexibility index (Phi) is 5.53. The van der Waals surface area contributed by atoms with Gasteiger partial charge in [-0.05, 0) is 57.1 Å². The maximum atomic E-state index is 14.2. The van der Waals surface area contributed by atoms with Gasteiger partial charge in [0.05, 0.1) is 6.04 Å². The average molecular weight is 440 g/mol. The first-order chi connectivity index (χ1) is 14.5. The van der Waals surface area contributed by atoms with Crippen molar-refractivity contribution >= 4 is 5.91 Å². The van der Waals surface area contributed by atoms with Crippen molar-refractivity contribution in [2.45, 2.75) is 69.7 Å². The minimum atomic E-state index is -1.80. The van der Waals surface area contributed by atoms with Gasteiger partial charge in [-0.15, -0.1) is 0 Å². The summed E-state index contributed by atoms with van der Waals surface area (Å²) >= 11 is 0. The Balaban J connectivity index is 1.49. The van der Waals surface area contributed by atoms with E-state index in [0.717, 1.165) is 25.3 Å². The fourth-order valence-electron chi connectivity index (χ4n) is 4.68. The maximum Gasteiger partial charge on any atom is 0.263 e. The number of amides is 1. The van der Waals surface area contributed by atoms with Crippen LogP contribution in [-0.4, -0.2) is 33.0 Å². The van der Waals surface area contributed by atoms with Crippen LogP contribution in [0, 0.1) is 23.4 Å². The normalized spacial score (nSPS) is 24.1. The summed E-state index contributed by atoms with van der Waals surface area (Å²) in [5, 5.41) is 3.91. The Morgan fingerprint density at radius 3 is 2.65 bits per heavy atom. The van der Waals surface area contributed by atoms with Crippen LogP contribution >= 0.6 is 0 Å². The SMILES string of the molecule is CC(C)(F)c1nc([C@@H]2C3CCC(C3)N2C(=O)C[C@H](N)Cc2cc(F)c(F)cc2F)no1. The third-order valence-electron chi connectivity index (χ3n) is 6.10. The zero-order chi connectivity index (χ0) is 22.5. The molecule has 31 heavy (non-hydrogen) atoms. The molecule has 1 aromatic carbocycles. The van der Waals surface area contributed by atoms with Crippen molar-refractivity contribution < 1.29 is 26.9 Å². The lowest BCUT2D eigenvalue weighted by molar-refractivity contribution is -0.136. The highest BCUT2D eigenvalue weighted by molar-refractivity contribution is 5.78. The lowest BCUT2D eigenvalue weighted by Crippen LogP contribution is -2.43. The summed E-state index contributed by atoms with van der Waals surface area (Å²) in [4.78, 5) is 18.9. The second-order valence-corrected chi connectivity index (χ2v) is 8.93. The molecule has 168 valence electrons. The number of benzene rings is 1. The van der Waals surface area contributed by atoms with Crippen molar-refractivity contribution in [2.75, 3.05) is 0 Å². The van der Waals surface area contributed by atoms with Crippen molar-refractivity contribution in [2.24, 2.45) is 11.7 Å². The van der Waals surface area contributed by atoms with E-state index in [1.165, 1.54) is 13.8 Å². The van der Waals surface area contributed by atoms with Gasteiger partial charge in [-0.3, -0.25) is 4.79 Å². The highest BCUT2D eigenvalue weighted by Gasteiger charge is 2.50. The molecule has 6 nitrogen and oxygen atoms in total. The number of halogens is 4. The smallest absolute Gasteiger partial charge is 0.263 e. The summed E-state index contributed by atoms with van der Waals surface area (Å²) < 4.78 is 59.7. The van der Waals surface area contributed by atoms with Crippen molar-refractivity contribution in [3.8, 4) is 0 Å². The molecule has 10 heteroatoms. The molecular formula is C21H24F4N4O2. The summed E-state index contributed by atoms with van der Waals surface area (Å²) in [7, 11) is 0. The zero-order valence-electron chi connectivity index (χ0n) is 17.2. The molecule has 0 radical (unpaired) electrons. The monoisotopic (exact) mass is 440 g/mol. The van der Waals surface area contributed by atoms with Crippen LogP contribution in [0.1, 0.15) is 62.9 Å². The second kappa shape index (κ2) is 7.89. The first kappa shape index (κ1) is 21.7. The number of carbonyl (C=O) groups excluding carboxylic acids is 1. The Morgan fingerprint density at radius 2 is 1.97 bits per heavy atom. The van der Waals surface area contributed by atoms with Gasteiger partial charge >= 0.3 is 0 Å². The molecule has 2 aromatic rings. The highest BCUT2D eigenvalue weighted by Crippen LogP contribution is 2.50. The molecule has 2 bridgehead atoms. The number of hydrogen-bond donors (Lipinski definition) is 1. The summed E-state index contributed by atoms with van der Waals surface area (Å²) in [6.45, 7) is 2.62. The Labute approximate surface area is 176 Å². The van der Waals surface area contributed by atoms with Crippen LogP contribution in [0.15, 0.2) is 16.7 Å². The van der Waals surface area contributed by atoms with E-state index >= 15 is 0 Å². The molecule has 4 rings (SSSR count). The van der Waals surface area contributed by atoms with Gasteiger partial charge < -0.3 is 15.2 Å². The quantitative estimate of drug-likeness (QED) is 0.547. The number of hydrogen-bond acceptors (Lipinski definition) is 5. The number of nitrogens with zero attached hydrogens (tertiary/aromatic N) is 3. The number of aromatic nitrogens is 2. The van der Waals surface area contributed by atoms with E-state index in [1.807, 2.05) is 0 Å². The molecule has 2 N–H and O–H groups in total. The molecule has 1 aliphatic carbocycles. The van der Waals surface area contributed by atoms with Gasteiger partial charge in [0.25, 0.3) is 5.89 Å². The average Bonchev–Trinajstić information content (AvgIpc) is 3.40. The fourth-order valence-corrected chi connectivity index (χ4v) is 4.68. The topological polar surface area (TPSA) is 85.2 Å². The number of likely N-dealkylation sites (tertiary alicyclic amines) is 1. The summed E-state index contributed by atoms with van der Waals surface area (Å²) in [5.74, 6) is -3.37. The van der Waals surface area contributed by atoms with Crippen LogP contribution in [0.4, 0.5) is 17.6 Å². The molecule has 1 amide bonds. The van der Waals surface area contributed by atoms with E-state index in [4.69, 9.17) is 10.3 Å². The van der Waals surface area contributed by atoms with E-state index < -0.39 is 35.2 Å². The molecule has 1 saturated carbocycles. The van der Waals surface area contributed by atoms with Crippen molar-refractivity contribution in [1.82, 2.24) is 15.0 Å². The lowest BCUT2D eigenvalue weighted by atomic mass is 9.96. The van der Waals surface area contributed by atoms with E-state index in [0.29, 0.717) is 6.07 Å². The van der Waals surface area contributed by atoms with Gasteiger partial charge in [-0.1, -0.05) is 5.16 Å². The third-order valence-corrected chi connectivity index (χ3v) is 6.10. The van der Waals surface area contributed by atoms with Crippen molar-refractivity contribution in [3.63, 3.8) is 0 Å². The van der Waals surface area contributed by atoms with Crippen LogP contribution in [0.25, 0.3) is 0 Å². The molecular weight excluding hydrogens is 416 g/mol. The Bertz CT molecular complexity index is 990. The summed E-state index contributed by atoms with van der Waals surface area (Å²) in [6, 6.07) is -0.00472. The largest absolute Gasteiger partial charge is 0.336 e. The predicted octanol–water partition coefficient (Wildman–Crippen LogP) is 3.70. The molecule has 2 fully saturated rings. The molecule has 4 atom stereocenters. The van der Waals surface area contributed by atoms with Crippen molar-refractivity contribution in [1.29, 1.82) is 0 Å². The van der Waals surface area contributed by atoms with Gasteiger partial charge in [0, 0.05) is 24.6 Å². The minimum Gasteiger partial charge on any atom is -0.336 e. The molecule has 1 aliphatic heterocycles.